The fourth-order valence-corrected chi connectivity index (χ4v) is 1.52. The number of hydrogen-bond acceptors (Lipinski definition) is 2. The standard InChI is InChI=1S/C10H18N2/c1-2-3-4-8-12-10-6-5-7-11-9-10/h1,10-12H,3-9H2. The van der Waals surface area contributed by atoms with Crippen LogP contribution in [0.15, 0.2) is 0 Å². The average molecular weight is 166 g/mol. The normalized spacial score (nSPS) is 23.4. The first-order valence-electron chi connectivity index (χ1n) is 4.81. The lowest BCUT2D eigenvalue weighted by atomic mass is 10.1. The van der Waals surface area contributed by atoms with E-state index in [2.05, 4.69) is 16.6 Å². The topological polar surface area (TPSA) is 24.1 Å². The van der Waals surface area contributed by atoms with Gasteiger partial charge in [-0.25, -0.2) is 0 Å². The molecule has 1 atom stereocenters. The van der Waals surface area contributed by atoms with Crippen molar-refractivity contribution in [3.63, 3.8) is 0 Å². The lowest BCUT2D eigenvalue weighted by Gasteiger charge is -2.23. The maximum absolute atomic E-state index is 5.16. The molecule has 2 N–H and O–H groups in total. The molecule has 2 nitrogen and oxygen atoms in total. The van der Waals surface area contributed by atoms with Gasteiger partial charge in [0.15, 0.2) is 0 Å². The summed E-state index contributed by atoms with van der Waals surface area (Å²) >= 11 is 0. The van der Waals surface area contributed by atoms with Gasteiger partial charge in [-0.2, -0.15) is 0 Å². The molecule has 1 aliphatic heterocycles. The zero-order valence-electron chi connectivity index (χ0n) is 7.60. The van der Waals surface area contributed by atoms with Crippen molar-refractivity contribution in [2.24, 2.45) is 0 Å². The van der Waals surface area contributed by atoms with Crippen LogP contribution in [-0.4, -0.2) is 25.7 Å². The van der Waals surface area contributed by atoms with Gasteiger partial charge in [-0.15, -0.1) is 12.3 Å². The van der Waals surface area contributed by atoms with Gasteiger partial charge < -0.3 is 10.6 Å². The van der Waals surface area contributed by atoms with Gasteiger partial charge >= 0.3 is 0 Å². The minimum absolute atomic E-state index is 0.677. The Hall–Kier alpha value is -0.520. The Bertz CT molecular complexity index is 142. The van der Waals surface area contributed by atoms with Crippen LogP contribution in [0.2, 0.25) is 0 Å². The van der Waals surface area contributed by atoms with Crippen LogP contribution in [0.3, 0.4) is 0 Å². The molecule has 0 radical (unpaired) electrons. The molecule has 1 saturated heterocycles. The van der Waals surface area contributed by atoms with Gasteiger partial charge in [0.25, 0.3) is 0 Å². The maximum Gasteiger partial charge on any atom is 0.0192 e. The third-order valence-corrected chi connectivity index (χ3v) is 2.23. The highest BCUT2D eigenvalue weighted by Crippen LogP contribution is 2.00. The summed E-state index contributed by atoms with van der Waals surface area (Å²) in [4.78, 5) is 0. The van der Waals surface area contributed by atoms with Crippen LogP contribution in [0, 0.1) is 12.3 Å². The summed E-state index contributed by atoms with van der Waals surface area (Å²) in [5.41, 5.74) is 0. The minimum atomic E-state index is 0.677. The first-order chi connectivity index (χ1) is 5.93. The molecular weight excluding hydrogens is 148 g/mol. The molecule has 0 aromatic carbocycles. The number of rotatable bonds is 4. The van der Waals surface area contributed by atoms with Crippen molar-refractivity contribution >= 4 is 0 Å². The molecule has 0 amide bonds. The molecule has 12 heavy (non-hydrogen) atoms. The first-order valence-corrected chi connectivity index (χ1v) is 4.81. The Balaban J connectivity index is 1.95. The van der Waals surface area contributed by atoms with Crippen molar-refractivity contribution in [3.05, 3.63) is 0 Å². The molecule has 1 rings (SSSR count). The fraction of sp³-hybridized carbons (Fsp3) is 0.800. The lowest BCUT2D eigenvalue weighted by Crippen LogP contribution is -2.43. The summed E-state index contributed by atoms with van der Waals surface area (Å²) < 4.78 is 0. The summed E-state index contributed by atoms with van der Waals surface area (Å²) in [5.74, 6) is 2.65. The van der Waals surface area contributed by atoms with E-state index in [1.165, 1.54) is 19.4 Å². The number of hydrogen-bond donors (Lipinski definition) is 2. The molecular formula is C10H18N2. The van der Waals surface area contributed by atoms with Crippen LogP contribution in [0.1, 0.15) is 25.7 Å². The van der Waals surface area contributed by atoms with Crippen molar-refractivity contribution in [1.82, 2.24) is 10.6 Å². The second kappa shape index (κ2) is 6.05. The SMILES string of the molecule is C#CCCCNC1CCCNC1. The van der Waals surface area contributed by atoms with Crippen LogP contribution < -0.4 is 10.6 Å². The first kappa shape index (κ1) is 9.57. The molecule has 0 aliphatic carbocycles. The highest BCUT2D eigenvalue weighted by molar-refractivity contribution is 4.83. The molecule has 0 aromatic heterocycles. The molecule has 1 fully saturated rings. The van der Waals surface area contributed by atoms with E-state index in [0.29, 0.717) is 6.04 Å². The predicted molar refractivity (Wildman–Crippen MR) is 52.0 cm³/mol. The largest absolute Gasteiger partial charge is 0.315 e. The van der Waals surface area contributed by atoms with Crippen LogP contribution in [0.4, 0.5) is 0 Å². The van der Waals surface area contributed by atoms with Crippen molar-refractivity contribution in [2.75, 3.05) is 19.6 Å². The second-order valence-electron chi connectivity index (χ2n) is 3.31. The third kappa shape index (κ3) is 3.75. The number of piperidine rings is 1. The van der Waals surface area contributed by atoms with Crippen molar-refractivity contribution in [2.45, 2.75) is 31.7 Å². The van der Waals surface area contributed by atoms with E-state index in [4.69, 9.17) is 6.42 Å². The Kier molecular flexibility index (Phi) is 4.82. The smallest absolute Gasteiger partial charge is 0.0192 e. The van der Waals surface area contributed by atoms with Gasteiger partial charge in [-0.1, -0.05) is 0 Å². The molecule has 2 heteroatoms. The summed E-state index contributed by atoms with van der Waals surface area (Å²) in [7, 11) is 0. The van der Waals surface area contributed by atoms with Crippen molar-refractivity contribution in [3.8, 4) is 12.3 Å². The fourth-order valence-electron chi connectivity index (χ4n) is 1.52. The molecule has 0 bridgehead atoms. The number of terminal acetylenes is 1. The zero-order valence-corrected chi connectivity index (χ0v) is 7.60. The minimum Gasteiger partial charge on any atom is -0.315 e. The molecule has 1 heterocycles. The summed E-state index contributed by atoms with van der Waals surface area (Å²) in [6.07, 6.45) is 9.76. The lowest BCUT2D eigenvalue weighted by molar-refractivity contribution is 0.389. The van der Waals surface area contributed by atoms with E-state index in [1.54, 1.807) is 0 Å². The van der Waals surface area contributed by atoms with E-state index in [9.17, 15) is 0 Å². The van der Waals surface area contributed by atoms with E-state index in [0.717, 1.165) is 25.9 Å². The van der Waals surface area contributed by atoms with Crippen LogP contribution in [0.5, 0.6) is 0 Å². The van der Waals surface area contributed by atoms with Gasteiger partial charge in [0.05, 0.1) is 0 Å². The Morgan fingerprint density at radius 3 is 3.17 bits per heavy atom. The van der Waals surface area contributed by atoms with E-state index < -0.39 is 0 Å². The molecule has 0 spiro atoms. The summed E-state index contributed by atoms with van der Waals surface area (Å²) in [6.45, 7) is 3.37. The quantitative estimate of drug-likeness (QED) is 0.475. The molecule has 0 saturated carbocycles. The Labute approximate surface area is 75.1 Å². The van der Waals surface area contributed by atoms with Crippen LogP contribution in [-0.2, 0) is 0 Å². The van der Waals surface area contributed by atoms with Gasteiger partial charge in [-0.05, 0) is 32.4 Å². The van der Waals surface area contributed by atoms with Gasteiger partial charge in [0.2, 0.25) is 0 Å². The molecule has 0 aromatic rings. The van der Waals surface area contributed by atoms with Gasteiger partial charge in [0.1, 0.15) is 0 Å². The monoisotopic (exact) mass is 166 g/mol. The van der Waals surface area contributed by atoms with E-state index in [-0.39, 0.29) is 0 Å². The number of unbranched alkanes of at least 4 members (excludes halogenated alkanes) is 1. The van der Waals surface area contributed by atoms with Crippen LogP contribution in [0.25, 0.3) is 0 Å². The third-order valence-electron chi connectivity index (χ3n) is 2.23. The zero-order chi connectivity index (χ0) is 8.65. The maximum atomic E-state index is 5.16. The highest BCUT2D eigenvalue weighted by Gasteiger charge is 2.10. The van der Waals surface area contributed by atoms with Gasteiger partial charge in [-0.3, -0.25) is 0 Å². The average Bonchev–Trinajstić information content (AvgIpc) is 2.14. The highest BCUT2D eigenvalue weighted by atomic mass is 15.0. The van der Waals surface area contributed by atoms with Crippen molar-refractivity contribution in [1.29, 1.82) is 0 Å². The Morgan fingerprint density at radius 1 is 1.58 bits per heavy atom. The van der Waals surface area contributed by atoms with Gasteiger partial charge in [0, 0.05) is 19.0 Å². The number of nitrogens with one attached hydrogen (secondary N) is 2. The summed E-state index contributed by atoms with van der Waals surface area (Å²) in [5, 5.41) is 6.87. The van der Waals surface area contributed by atoms with E-state index in [1.807, 2.05) is 0 Å². The van der Waals surface area contributed by atoms with E-state index >= 15 is 0 Å². The second-order valence-corrected chi connectivity index (χ2v) is 3.31. The summed E-state index contributed by atoms with van der Waals surface area (Å²) in [6, 6.07) is 0.677. The van der Waals surface area contributed by atoms with Crippen LogP contribution >= 0.6 is 0 Å². The van der Waals surface area contributed by atoms with Crippen molar-refractivity contribution < 1.29 is 0 Å². The Morgan fingerprint density at radius 2 is 2.50 bits per heavy atom. The molecule has 1 aliphatic rings. The molecule has 1 unspecified atom stereocenters. The molecule has 68 valence electrons. The predicted octanol–water partition coefficient (Wildman–Crippen LogP) is 0.741.